The zero-order valence-corrected chi connectivity index (χ0v) is 24.5. The second-order valence-corrected chi connectivity index (χ2v) is 10.7. The number of nitrogens with zero attached hydrogens (tertiary/aromatic N) is 2. The van der Waals surface area contributed by atoms with Gasteiger partial charge in [0, 0.05) is 33.6 Å². The Labute approximate surface area is 253 Å². The third-order valence-electron chi connectivity index (χ3n) is 5.52. The first-order valence-electron chi connectivity index (χ1n) is 11.2. The first kappa shape index (κ1) is 30.3. The largest absolute Gasteiger partial charge is 1.00 e. The van der Waals surface area contributed by atoms with Crippen LogP contribution in [0.4, 0.5) is 5.69 Å². The van der Waals surface area contributed by atoms with E-state index in [0.717, 1.165) is 5.39 Å². The maximum Gasteiger partial charge on any atom is 1.00 e. The molecule has 0 N–H and O–H groups in total. The predicted octanol–water partition coefficient (Wildman–Crippen LogP) is 1.69. The van der Waals surface area contributed by atoms with Gasteiger partial charge in [-0.05, 0) is 48.2 Å². The monoisotopic (exact) mass is 574 g/mol. The van der Waals surface area contributed by atoms with E-state index in [4.69, 9.17) is 0 Å². The SMILES string of the molecule is C=C=C=C(N1C(=CC=CC=Cc2ccc3ccccc3[n+]2CS(=O)(=O)[O-])C=Cc2ccccc21)S(=O)(=O)[O-].[HH].[HH].[HH].[Na+]. The molecule has 1 aliphatic rings. The average Bonchev–Trinajstić information content (AvgIpc) is 2.86. The molecule has 0 atom stereocenters. The van der Waals surface area contributed by atoms with Gasteiger partial charge in [-0.15, -0.1) is 0 Å². The van der Waals surface area contributed by atoms with Gasteiger partial charge in [0.15, 0.2) is 15.1 Å². The van der Waals surface area contributed by atoms with Crippen molar-refractivity contribution in [3.63, 3.8) is 0 Å². The second-order valence-electron chi connectivity index (χ2n) is 8.06. The molecule has 1 aromatic heterocycles. The fourth-order valence-corrected chi connectivity index (χ4v) is 5.21. The molecule has 4 rings (SSSR count). The summed E-state index contributed by atoms with van der Waals surface area (Å²) in [7, 11) is -9.47. The van der Waals surface area contributed by atoms with E-state index in [1.54, 1.807) is 85.0 Å². The number of aromatic nitrogens is 1. The molecule has 0 spiro atoms. The summed E-state index contributed by atoms with van der Waals surface area (Å²) in [5, 5.41) is 0.138. The van der Waals surface area contributed by atoms with E-state index < -0.39 is 31.1 Å². The summed E-state index contributed by atoms with van der Waals surface area (Å²) in [5.74, 6) is -0.726. The molecule has 39 heavy (non-hydrogen) atoms. The molecule has 198 valence electrons. The van der Waals surface area contributed by atoms with Gasteiger partial charge in [-0.1, -0.05) is 60.4 Å². The van der Waals surface area contributed by atoms with Gasteiger partial charge in [0.1, 0.15) is 10.1 Å². The molecule has 1 aliphatic heterocycles. The first-order valence-corrected chi connectivity index (χ1v) is 14.2. The van der Waals surface area contributed by atoms with Crippen molar-refractivity contribution in [2.75, 3.05) is 4.90 Å². The molecule has 0 radical (unpaired) electrons. The van der Waals surface area contributed by atoms with E-state index in [2.05, 4.69) is 18.0 Å². The summed E-state index contributed by atoms with van der Waals surface area (Å²) in [6.07, 6.45) is 11.6. The van der Waals surface area contributed by atoms with E-state index in [-0.39, 0.29) is 33.8 Å². The topological polar surface area (TPSA) is 122 Å². The predicted molar refractivity (Wildman–Crippen MR) is 150 cm³/mol. The van der Waals surface area contributed by atoms with Crippen LogP contribution in [0.15, 0.2) is 120 Å². The molecular formula is C28H27N2NaO6S2. The van der Waals surface area contributed by atoms with Gasteiger partial charge in [0.25, 0.3) is 0 Å². The average molecular weight is 575 g/mol. The van der Waals surface area contributed by atoms with E-state index in [0.29, 0.717) is 28.2 Å². The number of benzene rings is 2. The van der Waals surface area contributed by atoms with Crippen LogP contribution in [0.1, 0.15) is 15.5 Å². The van der Waals surface area contributed by atoms with Crippen molar-refractivity contribution in [1.29, 1.82) is 0 Å². The Balaban J connectivity index is 0.00000420. The van der Waals surface area contributed by atoms with Crippen molar-refractivity contribution in [1.82, 2.24) is 0 Å². The van der Waals surface area contributed by atoms with Crippen LogP contribution in [0.5, 0.6) is 0 Å². The van der Waals surface area contributed by atoms with Gasteiger partial charge < -0.3 is 9.11 Å². The van der Waals surface area contributed by atoms with Crippen molar-refractivity contribution in [3.05, 3.63) is 131 Å². The Bertz CT molecular complexity index is 1860. The van der Waals surface area contributed by atoms with E-state index in [9.17, 15) is 25.9 Å². The van der Waals surface area contributed by atoms with Crippen LogP contribution in [0.2, 0.25) is 0 Å². The van der Waals surface area contributed by atoms with Crippen molar-refractivity contribution in [2.45, 2.75) is 5.88 Å². The number of para-hydroxylation sites is 2. The van der Waals surface area contributed by atoms with Crippen LogP contribution in [-0.2, 0) is 26.1 Å². The van der Waals surface area contributed by atoms with Gasteiger partial charge in [-0.25, -0.2) is 16.8 Å². The number of pyridine rings is 1. The molecule has 0 amide bonds. The van der Waals surface area contributed by atoms with Gasteiger partial charge in [-0.2, -0.15) is 4.57 Å². The summed E-state index contributed by atoms with van der Waals surface area (Å²) in [6, 6.07) is 17.6. The quantitative estimate of drug-likeness (QED) is 0.138. The molecule has 11 heteroatoms. The van der Waals surface area contributed by atoms with Crippen LogP contribution in [0.3, 0.4) is 0 Å². The Morgan fingerprint density at radius 1 is 0.949 bits per heavy atom. The molecule has 3 aromatic rings. The van der Waals surface area contributed by atoms with Crippen molar-refractivity contribution in [3.8, 4) is 0 Å². The summed E-state index contributed by atoms with van der Waals surface area (Å²) >= 11 is 0. The van der Waals surface area contributed by atoms with Gasteiger partial charge in [-0.3, -0.25) is 4.90 Å². The molecule has 0 fully saturated rings. The summed E-state index contributed by atoms with van der Waals surface area (Å²) in [4.78, 5) is 1.26. The minimum absolute atomic E-state index is 0. The minimum Gasteiger partial charge on any atom is -0.743 e. The van der Waals surface area contributed by atoms with Crippen molar-refractivity contribution < 1.29 is 64.3 Å². The van der Waals surface area contributed by atoms with Gasteiger partial charge in [0.2, 0.25) is 17.1 Å². The third-order valence-corrected chi connectivity index (χ3v) is 6.85. The third kappa shape index (κ3) is 7.44. The Morgan fingerprint density at radius 3 is 2.38 bits per heavy atom. The molecule has 0 aliphatic carbocycles. The number of fused-ring (bicyclic) bond motifs is 2. The Hall–Kier alpha value is -3.27. The molecule has 8 nitrogen and oxygen atoms in total. The van der Waals surface area contributed by atoms with E-state index in [1.165, 1.54) is 9.47 Å². The second kappa shape index (κ2) is 12.7. The first-order chi connectivity index (χ1) is 18.1. The fourth-order valence-electron chi connectivity index (χ4n) is 3.98. The minimum atomic E-state index is -4.92. The van der Waals surface area contributed by atoms with Crippen LogP contribution >= 0.6 is 0 Å². The summed E-state index contributed by atoms with van der Waals surface area (Å²) in [6.45, 7) is 3.35. The zero-order valence-electron chi connectivity index (χ0n) is 20.9. The summed E-state index contributed by atoms with van der Waals surface area (Å²) < 4.78 is 72.1. The van der Waals surface area contributed by atoms with E-state index in [1.807, 2.05) is 18.2 Å². The molecule has 2 aromatic carbocycles. The number of allylic oxidation sites excluding steroid dienone is 5. The van der Waals surface area contributed by atoms with E-state index >= 15 is 0 Å². The summed E-state index contributed by atoms with van der Waals surface area (Å²) in [5.41, 5.74) is 7.20. The number of rotatable bonds is 7. The maximum atomic E-state index is 12.0. The molecular weight excluding hydrogens is 547 g/mol. The Morgan fingerprint density at radius 2 is 1.67 bits per heavy atom. The Kier molecular flexibility index (Phi) is 9.88. The van der Waals surface area contributed by atoms with Crippen LogP contribution in [0.25, 0.3) is 23.1 Å². The van der Waals surface area contributed by atoms with Crippen LogP contribution < -0.4 is 39.0 Å². The van der Waals surface area contributed by atoms with Gasteiger partial charge >= 0.3 is 29.6 Å². The number of anilines is 1. The smallest absolute Gasteiger partial charge is 0.743 e. The van der Waals surface area contributed by atoms with Crippen LogP contribution in [0, 0.1) is 0 Å². The molecule has 0 saturated heterocycles. The molecule has 0 bridgehead atoms. The normalized spacial score (nSPS) is 14.3. The van der Waals surface area contributed by atoms with Crippen molar-refractivity contribution in [2.24, 2.45) is 0 Å². The molecule has 0 unspecified atom stereocenters. The number of hydrogen-bond acceptors (Lipinski definition) is 7. The fraction of sp³-hybridized carbons (Fsp3) is 0.0357. The van der Waals surface area contributed by atoms with Crippen LogP contribution in [-0.4, -0.2) is 25.9 Å². The molecule has 0 saturated carbocycles. The zero-order chi connectivity index (χ0) is 27.3. The maximum absolute atomic E-state index is 12.0. The van der Waals surface area contributed by atoms with Crippen molar-refractivity contribution >= 4 is 49.0 Å². The van der Waals surface area contributed by atoms with Gasteiger partial charge in [0.05, 0.1) is 5.69 Å². The standard InChI is InChI=1S/C28H22N2O6S2.Na.3H2/c1-2-10-28(38(34,35)36)30-25(20-18-23-12-7-9-16-27(23)30)14-5-3-4-13-24-19-17-22-11-6-8-15-26(22)29(24)21-37(31,32)33;;;;/h3-9,11-20H,1,21H2,(H-,31,32,33,34,35,36);;3*1H/q;+1;;;/p-1. The molecule has 2 heterocycles. The number of hydrogen-bond donors (Lipinski definition) is 0.